The number of nitrogens with zero attached hydrogens (tertiary/aromatic N) is 2. The van der Waals surface area contributed by atoms with Gasteiger partial charge < -0.3 is 4.90 Å². The summed E-state index contributed by atoms with van der Waals surface area (Å²) in [6.45, 7) is 4.64. The average Bonchev–Trinajstić information content (AvgIpc) is 3.17. The number of rotatable bonds is 4. The van der Waals surface area contributed by atoms with Crippen LogP contribution in [0.4, 0.5) is 4.39 Å². The summed E-state index contributed by atoms with van der Waals surface area (Å²) in [5, 5.41) is 0. The van der Waals surface area contributed by atoms with Crippen LogP contribution < -0.4 is 0 Å². The minimum Gasteiger partial charge on any atom is -0.339 e. The van der Waals surface area contributed by atoms with E-state index < -0.39 is 0 Å². The molecule has 2 aliphatic heterocycles. The van der Waals surface area contributed by atoms with Crippen molar-refractivity contribution in [3.05, 3.63) is 71.0 Å². The monoisotopic (exact) mass is 366 g/mol. The summed E-state index contributed by atoms with van der Waals surface area (Å²) in [6.07, 6.45) is 4.56. The zero-order valence-corrected chi connectivity index (χ0v) is 15.7. The van der Waals surface area contributed by atoms with E-state index in [1.165, 1.54) is 17.5 Å². The van der Waals surface area contributed by atoms with E-state index >= 15 is 0 Å². The van der Waals surface area contributed by atoms with Crippen LogP contribution in [0.25, 0.3) is 0 Å². The molecule has 4 heteroatoms. The van der Waals surface area contributed by atoms with Crippen LogP contribution in [0.3, 0.4) is 0 Å². The Bertz CT molecular complexity index is 783. The molecular weight excluding hydrogens is 339 g/mol. The van der Waals surface area contributed by atoms with Gasteiger partial charge in [-0.15, -0.1) is 0 Å². The highest BCUT2D eigenvalue weighted by molar-refractivity contribution is 5.94. The fourth-order valence-electron chi connectivity index (χ4n) is 4.32. The first kappa shape index (κ1) is 18.2. The van der Waals surface area contributed by atoms with Gasteiger partial charge in [0, 0.05) is 31.7 Å². The van der Waals surface area contributed by atoms with Gasteiger partial charge in [0.1, 0.15) is 5.82 Å². The van der Waals surface area contributed by atoms with E-state index in [2.05, 4.69) is 17.0 Å². The second-order valence-electron chi connectivity index (χ2n) is 7.83. The molecule has 0 saturated carbocycles. The average molecular weight is 366 g/mol. The summed E-state index contributed by atoms with van der Waals surface area (Å²) in [6, 6.07) is 15.0. The van der Waals surface area contributed by atoms with Crippen LogP contribution in [0.1, 0.15) is 53.1 Å². The molecule has 1 unspecified atom stereocenters. The van der Waals surface area contributed by atoms with Crippen molar-refractivity contribution >= 4 is 5.91 Å². The molecule has 4 rings (SSSR count). The van der Waals surface area contributed by atoms with E-state index in [1.54, 1.807) is 12.1 Å². The summed E-state index contributed by atoms with van der Waals surface area (Å²) in [5.74, 6) is 0.453. The molecule has 2 saturated heterocycles. The zero-order chi connectivity index (χ0) is 18.6. The Balaban J connectivity index is 1.38. The minimum atomic E-state index is -0.177. The number of carbonyl (C=O) groups excluding carboxylic acids is 1. The summed E-state index contributed by atoms with van der Waals surface area (Å²) in [5.41, 5.74) is 3.22. The highest BCUT2D eigenvalue weighted by Crippen LogP contribution is 2.28. The van der Waals surface area contributed by atoms with E-state index in [1.807, 2.05) is 29.2 Å². The lowest BCUT2D eigenvalue weighted by molar-refractivity contribution is 0.0724. The third kappa shape index (κ3) is 4.38. The van der Waals surface area contributed by atoms with Crippen molar-refractivity contribution in [1.29, 1.82) is 0 Å². The Morgan fingerprint density at radius 3 is 2.56 bits per heavy atom. The molecular formula is C23H27FN2O. The van der Waals surface area contributed by atoms with E-state index in [-0.39, 0.29) is 11.7 Å². The number of carbonyl (C=O) groups is 1. The van der Waals surface area contributed by atoms with E-state index in [4.69, 9.17) is 0 Å². The van der Waals surface area contributed by atoms with E-state index in [0.717, 1.165) is 57.5 Å². The standard InChI is InChI=1S/C23H27FN2O/c24-22-9-7-19(8-10-22)21-11-14-25(17-21)16-18-5-4-6-20(15-18)23(27)26-12-2-1-3-13-26/h4-10,15,21H,1-3,11-14,16-17H2. The highest BCUT2D eigenvalue weighted by atomic mass is 19.1. The number of likely N-dealkylation sites (tertiary alicyclic amines) is 2. The Labute approximate surface area is 160 Å². The molecule has 0 spiro atoms. The zero-order valence-electron chi connectivity index (χ0n) is 15.7. The van der Waals surface area contributed by atoms with Crippen LogP contribution in [0, 0.1) is 5.82 Å². The molecule has 1 atom stereocenters. The molecule has 142 valence electrons. The second kappa shape index (κ2) is 8.22. The normalized spacial score (nSPS) is 20.8. The van der Waals surface area contributed by atoms with Gasteiger partial charge in [-0.2, -0.15) is 0 Å². The first-order valence-electron chi connectivity index (χ1n) is 10.0. The molecule has 2 aromatic rings. The lowest BCUT2D eigenvalue weighted by atomic mass is 9.98. The van der Waals surface area contributed by atoms with Crippen LogP contribution in [0.2, 0.25) is 0 Å². The molecule has 2 heterocycles. The Hall–Kier alpha value is -2.20. The van der Waals surface area contributed by atoms with Crippen molar-refractivity contribution < 1.29 is 9.18 Å². The van der Waals surface area contributed by atoms with Crippen LogP contribution in [-0.2, 0) is 6.54 Å². The predicted octanol–water partition coefficient (Wildman–Crippen LogP) is 4.44. The molecule has 27 heavy (non-hydrogen) atoms. The van der Waals surface area contributed by atoms with Crippen molar-refractivity contribution in [2.75, 3.05) is 26.2 Å². The van der Waals surface area contributed by atoms with Crippen LogP contribution in [-0.4, -0.2) is 41.9 Å². The third-order valence-corrected chi connectivity index (χ3v) is 5.84. The van der Waals surface area contributed by atoms with Crippen LogP contribution in [0.15, 0.2) is 48.5 Å². The molecule has 2 fully saturated rings. The molecule has 1 amide bonds. The van der Waals surface area contributed by atoms with Gasteiger partial charge >= 0.3 is 0 Å². The van der Waals surface area contributed by atoms with Crippen molar-refractivity contribution in [3.63, 3.8) is 0 Å². The summed E-state index contributed by atoms with van der Waals surface area (Å²) >= 11 is 0. The molecule has 0 bridgehead atoms. The van der Waals surface area contributed by atoms with Gasteiger partial charge in [-0.3, -0.25) is 9.69 Å². The quantitative estimate of drug-likeness (QED) is 0.799. The molecule has 0 radical (unpaired) electrons. The van der Waals surface area contributed by atoms with E-state index in [0.29, 0.717) is 5.92 Å². The van der Waals surface area contributed by atoms with Crippen molar-refractivity contribution in [2.45, 2.75) is 38.1 Å². The number of hydrogen-bond acceptors (Lipinski definition) is 2. The second-order valence-corrected chi connectivity index (χ2v) is 7.83. The maximum Gasteiger partial charge on any atom is 0.253 e. The fraction of sp³-hybridized carbons (Fsp3) is 0.435. The molecule has 0 aromatic heterocycles. The Morgan fingerprint density at radius 1 is 1.00 bits per heavy atom. The van der Waals surface area contributed by atoms with Gasteiger partial charge in [0.25, 0.3) is 5.91 Å². The SMILES string of the molecule is O=C(c1cccc(CN2CCC(c3ccc(F)cc3)C2)c1)N1CCCCC1. The van der Waals surface area contributed by atoms with Crippen molar-refractivity contribution in [2.24, 2.45) is 0 Å². The molecule has 2 aromatic carbocycles. The van der Waals surface area contributed by atoms with Gasteiger partial charge in [-0.1, -0.05) is 24.3 Å². The Morgan fingerprint density at radius 2 is 1.78 bits per heavy atom. The number of benzene rings is 2. The van der Waals surface area contributed by atoms with Crippen molar-refractivity contribution in [1.82, 2.24) is 9.80 Å². The fourth-order valence-corrected chi connectivity index (χ4v) is 4.32. The van der Waals surface area contributed by atoms with Gasteiger partial charge in [-0.05, 0) is 73.5 Å². The smallest absolute Gasteiger partial charge is 0.253 e. The first-order chi connectivity index (χ1) is 13.2. The van der Waals surface area contributed by atoms with Gasteiger partial charge in [0.2, 0.25) is 0 Å². The van der Waals surface area contributed by atoms with Crippen LogP contribution in [0.5, 0.6) is 0 Å². The van der Waals surface area contributed by atoms with Gasteiger partial charge in [-0.25, -0.2) is 4.39 Å². The third-order valence-electron chi connectivity index (χ3n) is 5.84. The largest absolute Gasteiger partial charge is 0.339 e. The lowest BCUT2D eigenvalue weighted by Gasteiger charge is -2.27. The first-order valence-corrected chi connectivity index (χ1v) is 10.0. The Kier molecular flexibility index (Phi) is 5.53. The maximum atomic E-state index is 13.1. The molecule has 2 aliphatic rings. The van der Waals surface area contributed by atoms with Gasteiger partial charge in [0.15, 0.2) is 0 Å². The minimum absolute atomic E-state index is 0.169. The number of piperidine rings is 1. The predicted molar refractivity (Wildman–Crippen MR) is 105 cm³/mol. The van der Waals surface area contributed by atoms with Gasteiger partial charge in [0.05, 0.1) is 0 Å². The highest BCUT2D eigenvalue weighted by Gasteiger charge is 2.24. The number of hydrogen-bond donors (Lipinski definition) is 0. The van der Waals surface area contributed by atoms with Crippen LogP contribution >= 0.6 is 0 Å². The maximum absolute atomic E-state index is 13.1. The lowest BCUT2D eigenvalue weighted by Crippen LogP contribution is -2.35. The number of halogens is 1. The molecule has 0 aliphatic carbocycles. The summed E-state index contributed by atoms with van der Waals surface area (Å²) < 4.78 is 13.1. The molecule has 0 N–H and O–H groups in total. The van der Waals surface area contributed by atoms with Crippen molar-refractivity contribution in [3.8, 4) is 0 Å². The van der Waals surface area contributed by atoms with E-state index in [9.17, 15) is 9.18 Å². The summed E-state index contributed by atoms with van der Waals surface area (Å²) in [7, 11) is 0. The topological polar surface area (TPSA) is 23.6 Å². The summed E-state index contributed by atoms with van der Waals surface area (Å²) in [4.78, 5) is 17.2. The number of amides is 1. The molecule has 3 nitrogen and oxygen atoms in total.